The van der Waals surface area contributed by atoms with Gasteiger partial charge in [-0.15, -0.1) is 0 Å². The molecule has 2 aliphatic heterocycles. The van der Waals surface area contributed by atoms with Crippen LogP contribution in [0.2, 0.25) is 5.02 Å². The van der Waals surface area contributed by atoms with Crippen LogP contribution in [0.15, 0.2) is 18.2 Å². The van der Waals surface area contributed by atoms with E-state index in [2.05, 4.69) is 5.32 Å². The number of piperidine rings is 1. The summed E-state index contributed by atoms with van der Waals surface area (Å²) in [6.45, 7) is 3.06. The smallest absolute Gasteiger partial charge is 0.124 e. The van der Waals surface area contributed by atoms with Crippen LogP contribution in [0.4, 0.5) is 4.39 Å². The molecule has 3 rings (SSSR count). The van der Waals surface area contributed by atoms with Gasteiger partial charge < -0.3 is 14.8 Å². The number of benzene rings is 1. The van der Waals surface area contributed by atoms with Crippen LogP contribution >= 0.6 is 11.6 Å². The van der Waals surface area contributed by atoms with E-state index < -0.39 is 0 Å². The molecule has 0 aromatic heterocycles. The van der Waals surface area contributed by atoms with Crippen LogP contribution in [-0.2, 0) is 16.1 Å². The molecule has 2 saturated heterocycles. The Labute approximate surface area is 123 Å². The summed E-state index contributed by atoms with van der Waals surface area (Å²) in [4.78, 5) is 0. The number of ether oxygens (including phenoxy) is 2. The van der Waals surface area contributed by atoms with Crippen molar-refractivity contribution in [2.75, 3.05) is 19.7 Å². The van der Waals surface area contributed by atoms with Crippen molar-refractivity contribution in [1.82, 2.24) is 5.32 Å². The third-order valence-electron chi connectivity index (χ3n) is 4.18. The second-order valence-electron chi connectivity index (χ2n) is 5.62. The Kier molecular flexibility index (Phi) is 4.26. The van der Waals surface area contributed by atoms with E-state index in [0.717, 1.165) is 37.9 Å². The maximum Gasteiger partial charge on any atom is 0.124 e. The molecule has 0 bridgehead atoms. The highest BCUT2D eigenvalue weighted by Gasteiger charge is 2.41. The molecule has 0 amide bonds. The third-order valence-corrected chi connectivity index (χ3v) is 4.53. The van der Waals surface area contributed by atoms with Crippen molar-refractivity contribution < 1.29 is 13.9 Å². The van der Waals surface area contributed by atoms with E-state index in [-0.39, 0.29) is 17.5 Å². The molecule has 0 radical (unpaired) electrons. The van der Waals surface area contributed by atoms with Gasteiger partial charge in [-0.3, -0.25) is 0 Å². The Bertz CT molecular complexity index is 477. The molecule has 1 unspecified atom stereocenters. The average Bonchev–Trinajstić information content (AvgIpc) is 2.82. The number of rotatable bonds is 3. The second kappa shape index (κ2) is 5.98. The highest BCUT2D eigenvalue weighted by molar-refractivity contribution is 6.31. The quantitative estimate of drug-likeness (QED) is 0.931. The SMILES string of the molecule is Fc1ccc(COC2COC3(CCNCC3)C2)c(Cl)c1. The molecule has 1 spiro atoms. The molecule has 2 fully saturated rings. The van der Waals surface area contributed by atoms with Crippen molar-refractivity contribution in [3.8, 4) is 0 Å². The van der Waals surface area contributed by atoms with Crippen LogP contribution < -0.4 is 5.32 Å². The molecule has 0 aliphatic carbocycles. The molecular formula is C15H19ClFNO2. The lowest BCUT2D eigenvalue weighted by Gasteiger charge is -2.32. The lowest BCUT2D eigenvalue weighted by Crippen LogP contribution is -2.41. The fourth-order valence-electron chi connectivity index (χ4n) is 2.99. The monoisotopic (exact) mass is 299 g/mol. The van der Waals surface area contributed by atoms with E-state index in [4.69, 9.17) is 21.1 Å². The van der Waals surface area contributed by atoms with E-state index in [0.29, 0.717) is 18.2 Å². The number of hydrogen-bond donors (Lipinski definition) is 1. The van der Waals surface area contributed by atoms with Crippen molar-refractivity contribution in [3.05, 3.63) is 34.6 Å². The minimum atomic E-state index is -0.323. The summed E-state index contributed by atoms with van der Waals surface area (Å²) >= 11 is 6.00. The molecule has 1 atom stereocenters. The van der Waals surface area contributed by atoms with Gasteiger partial charge in [-0.05, 0) is 43.6 Å². The van der Waals surface area contributed by atoms with Crippen molar-refractivity contribution in [1.29, 1.82) is 0 Å². The van der Waals surface area contributed by atoms with Gasteiger partial charge in [-0.1, -0.05) is 17.7 Å². The lowest BCUT2D eigenvalue weighted by atomic mass is 9.89. The molecule has 1 aromatic carbocycles. The summed E-state index contributed by atoms with van der Waals surface area (Å²) in [5.41, 5.74) is 0.821. The first kappa shape index (κ1) is 14.3. The first-order valence-corrected chi connectivity index (χ1v) is 7.45. The second-order valence-corrected chi connectivity index (χ2v) is 6.02. The van der Waals surface area contributed by atoms with Crippen molar-refractivity contribution in [2.45, 2.75) is 37.6 Å². The van der Waals surface area contributed by atoms with Gasteiger partial charge in [0.15, 0.2) is 0 Å². The summed E-state index contributed by atoms with van der Waals surface area (Å²) in [6, 6.07) is 4.40. The Hall–Kier alpha value is -0.680. The molecule has 3 nitrogen and oxygen atoms in total. The van der Waals surface area contributed by atoms with Gasteiger partial charge in [0.05, 0.1) is 24.9 Å². The Morgan fingerprint density at radius 1 is 1.40 bits per heavy atom. The van der Waals surface area contributed by atoms with E-state index in [1.807, 2.05) is 0 Å². The van der Waals surface area contributed by atoms with Crippen LogP contribution in [0.5, 0.6) is 0 Å². The van der Waals surface area contributed by atoms with E-state index >= 15 is 0 Å². The molecule has 0 saturated carbocycles. The fraction of sp³-hybridized carbons (Fsp3) is 0.600. The highest BCUT2D eigenvalue weighted by Crippen LogP contribution is 2.35. The molecule has 110 valence electrons. The van der Waals surface area contributed by atoms with Gasteiger partial charge in [-0.2, -0.15) is 0 Å². The van der Waals surface area contributed by atoms with Gasteiger partial charge in [0.1, 0.15) is 5.82 Å². The van der Waals surface area contributed by atoms with Gasteiger partial charge in [-0.25, -0.2) is 4.39 Å². The van der Waals surface area contributed by atoms with Gasteiger partial charge in [0.2, 0.25) is 0 Å². The predicted octanol–water partition coefficient (Wildman–Crippen LogP) is 2.91. The summed E-state index contributed by atoms with van der Waals surface area (Å²) in [5.74, 6) is -0.323. The minimum absolute atomic E-state index is 0.00249. The van der Waals surface area contributed by atoms with Crippen molar-refractivity contribution in [2.24, 2.45) is 0 Å². The number of hydrogen-bond acceptors (Lipinski definition) is 3. The molecule has 1 aromatic rings. The zero-order chi connectivity index (χ0) is 14.0. The van der Waals surface area contributed by atoms with Gasteiger partial charge in [0.25, 0.3) is 0 Å². The standard InChI is InChI=1S/C15H19ClFNO2/c16-14-7-12(17)2-1-11(14)9-19-13-8-15(20-10-13)3-5-18-6-4-15/h1-2,7,13,18H,3-6,8-10H2. The number of nitrogens with one attached hydrogen (secondary N) is 1. The maximum absolute atomic E-state index is 13.0. The van der Waals surface area contributed by atoms with Crippen molar-refractivity contribution in [3.63, 3.8) is 0 Å². The zero-order valence-corrected chi connectivity index (χ0v) is 12.1. The first-order valence-electron chi connectivity index (χ1n) is 7.07. The van der Waals surface area contributed by atoms with Crippen LogP contribution in [0.3, 0.4) is 0 Å². The predicted molar refractivity (Wildman–Crippen MR) is 75.4 cm³/mol. The third kappa shape index (κ3) is 3.14. The highest BCUT2D eigenvalue weighted by atomic mass is 35.5. The Morgan fingerprint density at radius 3 is 2.95 bits per heavy atom. The molecule has 1 N–H and O–H groups in total. The van der Waals surface area contributed by atoms with Gasteiger partial charge >= 0.3 is 0 Å². The van der Waals surface area contributed by atoms with Crippen LogP contribution in [-0.4, -0.2) is 31.4 Å². The molecular weight excluding hydrogens is 281 g/mol. The van der Waals surface area contributed by atoms with Crippen LogP contribution in [0, 0.1) is 5.82 Å². The summed E-state index contributed by atoms with van der Waals surface area (Å²) in [6.07, 6.45) is 3.14. The average molecular weight is 300 g/mol. The topological polar surface area (TPSA) is 30.5 Å². The Balaban J connectivity index is 1.54. The van der Waals surface area contributed by atoms with E-state index in [1.54, 1.807) is 6.07 Å². The molecule has 20 heavy (non-hydrogen) atoms. The molecule has 5 heteroatoms. The van der Waals surface area contributed by atoms with Crippen LogP contribution in [0.25, 0.3) is 0 Å². The zero-order valence-electron chi connectivity index (χ0n) is 11.3. The molecule has 2 aliphatic rings. The van der Waals surface area contributed by atoms with Crippen molar-refractivity contribution >= 4 is 11.6 Å². The first-order chi connectivity index (χ1) is 9.67. The fourth-order valence-corrected chi connectivity index (χ4v) is 3.21. The van der Waals surface area contributed by atoms with Gasteiger partial charge in [0, 0.05) is 11.4 Å². The maximum atomic E-state index is 13.0. The van der Waals surface area contributed by atoms with Crippen LogP contribution in [0.1, 0.15) is 24.8 Å². The van der Waals surface area contributed by atoms with E-state index in [1.165, 1.54) is 12.1 Å². The lowest BCUT2D eigenvalue weighted by molar-refractivity contribution is -0.0240. The summed E-state index contributed by atoms with van der Waals surface area (Å²) in [5, 5.41) is 3.76. The summed E-state index contributed by atoms with van der Waals surface area (Å²) < 4.78 is 24.8. The Morgan fingerprint density at radius 2 is 2.20 bits per heavy atom. The summed E-state index contributed by atoms with van der Waals surface area (Å²) in [7, 11) is 0. The number of halogens is 2. The van der Waals surface area contributed by atoms with E-state index in [9.17, 15) is 4.39 Å². The molecule has 2 heterocycles. The normalized spacial score (nSPS) is 25.2. The minimum Gasteiger partial charge on any atom is -0.372 e. The largest absolute Gasteiger partial charge is 0.372 e.